The molecule has 2 nitrogen and oxygen atoms in total. The Morgan fingerprint density at radius 3 is 2.64 bits per heavy atom. The summed E-state index contributed by atoms with van der Waals surface area (Å²) < 4.78 is 0. The molecule has 1 N–H and O–H groups in total. The zero-order valence-electron chi connectivity index (χ0n) is 12.3. The average molecular weight is 287 g/mol. The van der Waals surface area contributed by atoms with Crippen LogP contribution in [-0.4, -0.2) is 5.91 Å². The number of carbonyl (C=O) groups is 1. The number of carbonyl (C=O) groups excluding carboxylic acids is 1. The Bertz CT molecular complexity index is 848. The zero-order valence-corrected chi connectivity index (χ0v) is 12.3. The molecule has 0 spiro atoms. The van der Waals surface area contributed by atoms with E-state index in [-0.39, 0.29) is 11.9 Å². The molecule has 4 rings (SSSR count). The molecule has 1 atom stereocenters. The fourth-order valence-electron chi connectivity index (χ4n) is 3.37. The molecular formula is C20H17NO. The molecule has 0 heterocycles. The summed E-state index contributed by atoms with van der Waals surface area (Å²) in [5.41, 5.74) is 3.37. The van der Waals surface area contributed by atoms with Crippen LogP contribution in [0.2, 0.25) is 0 Å². The monoisotopic (exact) mass is 287 g/mol. The molecule has 1 aliphatic rings. The highest BCUT2D eigenvalue weighted by atomic mass is 16.1. The van der Waals surface area contributed by atoms with Gasteiger partial charge in [0.15, 0.2) is 0 Å². The van der Waals surface area contributed by atoms with Crippen molar-refractivity contribution in [3.05, 3.63) is 83.4 Å². The van der Waals surface area contributed by atoms with E-state index >= 15 is 0 Å². The molecule has 1 aliphatic carbocycles. The Morgan fingerprint density at radius 1 is 0.909 bits per heavy atom. The fourth-order valence-corrected chi connectivity index (χ4v) is 3.37. The third kappa shape index (κ3) is 2.17. The second kappa shape index (κ2) is 5.30. The van der Waals surface area contributed by atoms with E-state index in [9.17, 15) is 4.79 Å². The van der Waals surface area contributed by atoms with E-state index in [0.29, 0.717) is 0 Å². The smallest absolute Gasteiger partial charge is 0.252 e. The van der Waals surface area contributed by atoms with Gasteiger partial charge in [0.25, 0.3) is 5.91 Å². The van der Waals surface area contributed by atoms with Gasteiger partial charge in [0.05, 0.1) is 6.04 Å². The number of benzene rings is 3. The Kier molecular flexibility index (Phi) is 3.15. The largest absolute Gasteiger partial charge is 0.345 e. The third-order valence-corrected chi connectivity index (χ3v) is 4.47. The first-order valence-corrected chi connectivity index (χ1v) is 7.69. The van der Waals surface area contributed by atoms with Crippen molar-refractivity contribution in [2.75, 3.05) is 0 Å². The van der Waals surface area contributed by atoms with E-state index in [1.165, 1.54) is 11.1 Å². The molecule has 3 aromatic rings. The molecule has 0 bridgehead atoms. The van der Waals surface area contributed by atoms with Crippen LogP contribution in [0.15, 0.2) is 66.7 Å². The third-order valence-electron chi connectivity index (χ3n) is 4.47. The lowest BCUT2D eigenvalue weighted by Gasteiger charge is -2.15. The summed E-state index contributed by atoms with van der Waals surface area (Å²) in [5, 5.41) is 5.31. The number of aryl methyl sites for hydroxylation is 1. The van der Waals surface area contributed by atoms with E-state index < -0.39 is 0 Å². The zero-order chi connectivity index (χ0) is 14.9. The van der Waals surface area contributed by atoms with Crippen LogP contribution in [0.25, 0.3) is 10.8 Å². The number of hydrogen-bond donors (Lipinski definition) is 1. The van der Waals surface area contributed by atoms with Crippen LogP contribution < -0.4 is 5.32 Å². The number of nitrogens with one attached hydrogen (secondary N) is 1. The standard InChI is InChI=1S/C20H17NO/c22-20(18-11-5-8-14-6-1-3-9-16(14)18)21-19-13-12-15-7-2-4-10-17(15)19/h1-11,19H,12-13H2,(H,21,22). The first-order chi connectivity index (χ1) is 10.8. The van der Waals surface area contributed by atoms with Crippen LogP contribution in [0, 0.1) is 0 Å². The van der Waals surface area contributed by atoms with Crippen molar-refractivity contribution in [1.82, 2.24) is 5.32 Å². The summed E-state index contributed by atoms with van der Waals surface area (Å²) in [4.78, 5) is 12.7. The topological polar surface area (TPSA) is 29.1 Å². The lowest BCUT2D eigenvalue weighted by Crippen LogP contribution is -2.27. The summed E-state index contributed by atoms with van der Waals surface area (Å²) in [7, 11) is 0. The molecule has 22 heavy (non-hydrogen) atoms. The molecule has 0 saturated carbocycles. The van der Waals surface area contributed by atoms with Gasteiger partial charge in [-0.15, -0.1) is 0 Å². The minimum Gasteiger partial charge on any atom is -0.345 e. The predicted octanol–water partition coefficient (Wildman–Crippen LogP) is 4.26. The maximum absolute atomic E-state index is 12.7. The highest BCUT2D eigenvalue weighted by Gasteiger charge is 2.24. The minimum atomic E-state index is 0.0125. The summed E-state index contributed by atoms with van der Waals surface area (Å²) in [5.74, 6) is 0.0125. The molecule has 0 fully saturated rings. The summed E-state index contributed by atoms with van der Waals surface area (Å²) in [6.07, 6.45) is 2.02. The molecule has 3 aromatic carbocycles. The first kappa shape index (κ1) is 13.1. The van der Waals surface area contributed by atoms with Gasteiger partial charge in [0, 0.05) is 5.56 Å². The normalized spacial score (nSPS) is 16.5. The van der Waals surface area contributed by atoms with Crippen LogP contribution in [0.1, 0.15) is 33.9 Å². The lowest BCUT2D eigenvalue weighted by atomic mass is 10.0. The molecule has 108 valence electrons. The highest BCUT2D eigenvalue weighted by Crippen LogP contribution is 2.31. The number of hydrogen-bond acceptors (Lipinski definition) is 1. The Balaban J connectivity index is 1.65. The van der Waals surface area contributed by atoms with Gasteiger partial charge in [-0.05, 0) is 40.8 Å². The summed E-state index contributed by atoms with van der Waals surface area (Å²) in [6.45, 7) is 0. The molecule has 0 aliphatic heterocycles. The maximum Gasteiger partial charge on any atom is 0.252 e. The molecule has 1 amide bonds. The van der Waals surface area contributed by atoms with E-state index in [1.807, 2.05) is 48.5 Å². The summed E-state index contributed by atoms with van der Waals surface area (Å²) in [6, 6.07) is 22.4. The van der Waals surface area contributed by atoms with Crippen molar-refractivity contribution in [3.8, 4) is 0 Å². The second-order valence-corrected chi connectivity index (χ2v) is 5.79. The number of amides is 1. The van der Waals surface area contributed by atoms with Crippen molar-refractivity contribution in [1.29, 1.82) is 0 Å². The minimum absolute atomic E-state index is 0.0125. The van der Waals surface area contributed by atoms with Gasteiger partial charge in [-0.1, -0.05) is 60.7 Å². The van der Waals surface area contributed by atoms with Gasteiger partial charge in [-0.3, -0.25) is 4.79 Å². The van der Waals surface area contributed by atoms with Crippen LogP contribution >= 0.6 is 0 Å². The van der Waals surface area contributed by atoms with Crippen molar-refractivity contribution < 1.29 is 4.79 Å². The highest BCUT2D eigenvalue weighted by molar-refractivity contribution is 6.07. The summed E-state index contributed by atoms with van der Waals surface area (Å²) >= 11 is 0. The van der Waals surface area contributed by atoms with E-state index in [0.717, 1.165) is 29.2 Å². The molecule has 0 saturated heterocycles. The quantitative estimate of drug-likeness (QED) is 0.749. The first-order valence-electron chi connectivity index (χ1n) is 7.69. The van der Waals surface area contributed by atoms with E-state index in [2.05, 4.69) is 23.5 Å². The van der Waals surface area contributed by atoms with Gasteiger partial charge < -0.3 is 5.32 Å². The SMILES string of the molecule is O=C(NC1CCc2ccccc21)c1cccc2ccccc12. The number of fused-ring (bicyclic) bond motifs is 2. The maximum atomic E-state index is 12.7. The predicted molar refractivity (Wildman–Crippen MR) is 88.9 cm³/mol. The molecular weight excluding hydrogens is 270 g/mol. The van der Waals surface area contributed by atoms with E-state index in [1.54, 1.807) is 0 Å². The molecule has 0 radical (unpaired) electrons. The van der Waals surface area contributed by atoms with Gasteiger partial charge >= 0.3 is 0 Å². The molecule has 2 heteroatoms. The molecule has 1 unspecified atom stereocenters. The second-order valence-electron chi connectivity index (χ2n) is 5.79. The van der Waals surface area contributed by atoms with Gasteiger partial charge in [-0.2, -0.15) is 0 Å². The van der Waals surface area contributed by atoms with E-state index in [4.69, 9.17) is 0 Å². The van der Waals surface area contributed by atoms with Crippen LogP contribution in [0.4, 0.5) is 0 Å². The van der Waals surface area contributed by atoms with Crippen molar-refractivity contribution >= 4 is 16.7 Å². The molecule has 0 aromatic heterocycles. The Morgan fingerprint density at radius 2 is 1.68 bits per heavy atom. The number of rotatable bonds is 2. The van der Waals surface area contributed by atoms with Gasteiger partial charge in [0.1, 0.15) is 0 Å². The van der Waals surface area contributed by atoms with Gasteiger partial charge in [-0.25, -0.2) is 0 Å². The Labute approximate surface area is 129 Å². The van der Waals surface area contributed by atoms with Crippen molar-refractivity contribution in [2.24, 2.45) is 0 Å². The van der Waals surface area contributed by atoms with Crippen LogP contribution in [0.3, 0.4) is 0 Å². The van der Waals surface area contributed by atoms with Crippen molar-refractivity contribution in [3.63, 3.8) is 0 Å². The Hall–Kier alpha value is -2.61. The lowest BCUT2D eigenvalue weighted by molar-refractivity contribution is 0.0938. The average Bonchev–Trinajstić information content (AvgIpc) is 2.97. The van der Waals surface area contributed by atoms with Crippen molar-refractivity contribution in [2.45, 2.75) is 18.9 Å². The van der Waals surface area contributed by atoms with Gasteiger partial charge in [0.2, 0.25) is 0 Å². The van der Waals surface area contributed by atoms with Crippen LogP contribution in [0.5, 0.6) is 0 Å². The fraction of sp³-hybridized carbons (Fsp3) is 0.150. The van der Waals surface area contributed by atoms with Crippen LogP contribution in [-0.2, 0) is 6.42 Å².